The molecular weight excluding hydrogens is 402 g/mol. The molecule has 32 heavy (non-hydrogen) atoms. The van der Waals surface area contributed by atoms with Crippen molar-refractivity contribution in [2.24, 2.45) is 0 Å². The number of benzene rings is 1. The molecule has 1 aromatic carbocycles. The Morgan fingerprint density at radius 2 is 1.88 bits per heavy atom. The lowest BCUT2D eigenvalue weighted by Crippen LogP contribution is -2.12. The first kappa shape index (κ1) is 21.1. The molecule has 0 saturated carbocycles. The van der Waals surface area contributed by atoms with Crippen molar-refractivity contribution in [1.29, 1.82) is 0 Å². The van der Waals surface area contributed by atoms with Gasteiger partial charge >= 0.3 is 0 Å². The summed E-state index contributed by atoms with van der Waals surface area (Å²) < 4.78 is 5.25. The minimum absolute atomic E-state index is 0.179. The number of ether oxygens (including phenoxy) is 1. The third-order valence-electron chi connectivity index (χ3n) is 5.08. The standard InChI is InChI=1S/C25H23N5O2/c1-17(9-22-14-28-16-24(29-22)20-11-23(32-2)15-27-13-20)18-5-3-7-21(10-18)30-25(31)19-6-4-8-26-12-19/h3-8,10-17H,9H2,1-2H3,(H,30,31)/t17-/m1/s1. The Balaban J connectivity index is 1.48. The molecule has 0 aliphatic heterocycles. The van der Waals surface area contributed by atoms with E-state index < -0.39 is 0 Å². The number of aromatic nitrogens is 4. The van der Waals surface area contributed by atoms with Crippen molar-refractivity contribution in [3.8, 4) is 17.0 Å². The van der Waals surface area contributed by atoms with Gasteiger partial charge in [0.1, 0.15) is 5.75 Å². The molecule has 0 fully saturated rings. The Morgan fingerprint density at radius 1 is 1.00 bits per heavy atom. The molecule has 0 bridgehead atoms. The van der Waals surface area contributed by atoms with Crippen LogP contribution in [0, 0.1) is 0 Å². The quantitative estimate of drug-likeness (QED) is 0.468. The van der Waals surface area contributed by atoms with E-state index in [-0.39, 0.29) is 11.8 Å². The Hall–Kier alpha value is -4.13. The molecule has 1 atom stereocenters. The van der Waals surface area contributed by atoms with Gasteiger partial charge in [0.15, 0.2) is 0 Å². The zero-order valence-electron chi connectivity index (χ0n) is 17.9. The van der Waals surface area contributed by atoms with Gasteiger partial charge in [-0.2, -0.15) is 0 Å². The van der Waals surface area contributed by atoms with Crippen molar-refractivity contribution in [2.45, 2.75) is 19.3 Å². The maximum absolute atomic E-state index is 12.4. The highest BCUT2D eigenvalue weighted by Gasteiger charge is 2.12. The number of anilines is 1. The molecule has 3 heterocycles. The number of nitrogens with zero attached hydrogens (tertiary/aromatic N) is 4. The second kappa shape index (κ2) is 9.78. The lowest BCUT2D eigenvalue weighted by molar-refractivity contribution is 0.102. The lowest BCUT2D eigenvalue weighted by Gasteiger charge is -2.14. The fraction of sp³-hybridized carbons (Fsp3) is 0.160. The summed E-state index contributed by atoms with van der Waals surface area (Å²) in [5.41, 5.74) is 4.84. The Labute approximate surface area is 186 Å². The van der Waals surface area contributed by atoms with Crippen LogP contribution in [0.3, 0.4) is 0 Å². The predicted octanol–water partition coefficient (Wildman–Crippen LogP) is 4.54. The third-order valence-corrected chi connectivity index (χ3v) is 5.08. The van der Waals surface area contributed by atoms with Crippen LogP contribution in [0.25, 0.3) is 11.3 Å². The summed E-state index contributed by atoms with van der Waals surface area (Å²) in [7, 11) is 1.61. The van der Waals surface area contributed by atoms with Crippen LogP contribution in [0.2, 0.25) is 0 Å². The first-order chi connectivity index (χ1) is 15.6. The summed E-state index contributed by atoms with van der Waals surface area (Å²) in [6, 6.07) is 13.2. The number of methoxy groups -OCH3 is 1. The zero-order chi connectivity index (χ0) is 22.3. The van der Waals surface area contributed by atoms with Gasteiger partial charge in [0, 0.05) is 36.0 Å². The van der Waals surface area contributed by atoms with Crippen LogP contribution in [0.5, 0.6) is 5.75 Å². The Kier molecular flexibility index (Phi) is 6.46. The van der Waals surface area contributed by atoms with E-state index >= 15 is 0 Å². The van der Waals surface area contributed by atoms with Gasteiger partial charge in [-0.25, -0.2) is 4.98 Å². The molecule has 1 N–H and O–H groups in total. The van der Waals surface area contributed by atoms with Gasteiger partial charge in [0.2, 0.25) is 0 Å². The monoisotopic (exact) mass is 425 g/mol. The van der Waals surface area contributed by atoms with Crippen molar-refractivity contribution in [1.82, 2.24) is 19.9 Å². The normalized spacial score (nSPS) is 11.6. The van der Waals surface area contributed by atoms with E-state index in [1.54, 1.807) is 56.4 Å². The Morgan fingerprint density at radius 3 is 2.69 bits per heavy atom. The summed E-state index contributed by atoms with van der Waals surface area (Å²) in [5.74, 6) is 0.666. The van der Waals surface area contributed by atoms with Gasteiger partial charge in [-0.05, 0) is 48.2 Å². The van der Waals surface area contributed by atoms with E-state index in [0.717, 1.165) is 28.2 Å². The van der Waals surface area contributed by atoms with Crippen LogP contribution >= 0.6 is 0 Å². The van der Waals surface area contributed by atoms with E-state index in [0.29, 0.717) is 17.7 Å². The summed E-state index contributed by atoms with van der Waals surface area (Å²) >= 11 is 0. The van der Waals surface area contributed by atoms with Crippen molar-refractivity contribution in [3.63, 3.8) is 0 Å². The summed E-state index contributed by atoms with van der Waals surface area (Å²) in [4.78, 5) is 29.7. The van der Waals surface area contributed by atoms with Crippen LogP contribution in [-0.4, -0.2) is 33.0 Å². The number of nitrogens with one attached hydrogen (secondary N) is 1. The van der Waals surface area contributed by atoms with E-state index in [2.05, 4.69) is 27.2 Å². The molecule has 0 unspecified atom stereocenters. The number of hydrogen-bond acceptors (Lipinski definition) is 6. The average Bonchev–Trinajstić information content (AvgIpc) is 2.85. The first-order valence-electron chi connectivity index (χ1n) is 10.2. The van der Waals surface area contributed by atoms with Crippen LogP contribution in [0.1, 0.15) is 34.5 Å². The molecule has 0 saturated heterocycles. The van der Waals surface area contributed by atoms with Crippen LogP contribution in [-0.2, 0) is 6.42 Å². The van der Waals surface area contributed by atoms with Crippen molar-refractivity contribution < 1.29 is 9.53 Å². The van der Waals surface area contributed by atoms with Crippen molar-refractivity contribution in [2.75, 3.05) is 12.4 Å². The van der Waals surface area contributed by atoms with Gasteiger partial charge < -0.3 is 10.1 Å². The maximum atomic E-state index is 12.4. The Bertz CT molecular complexity index is 1210. The molecular formula is C25H23N5O2. The first-order valence-corrected chi connectivity index (χ1v) is 10.2. The van der Waals surface area contributed by atoms with Gasteiger partial charge in [-0.3, -0.25) is 19.7 Å². The number of rotatable bonds is 7. The van der Waals surface area contributed by atoms with Crippen molar-refractivity contribution in [3.05, 3.63) is 96.5 Å². The van der Waals surface area contributed by atoms with Gasteiger partial charge in [0.25, 0.3) is 5.91 Å². The highest BCUT2D eigenvalue weighted by molar-refractivity contribution is 6.04. The molecule has 0 aliphatic rings. The van der Waals surface area contributed by atoms with E-state index in [1.165, 1.54) is 0 Å². The fourth-order valence-corrected chi connectivity index (χ4v) is 3.37. The largest absolute Gasteiger partial charge is 0.495 e. The predicted molar refractivity (Wildman–Crippen MR) is 123 cm³/mol. The minimum atomic E-state index is -0.187. The fourth-order valence-electron chi connectivity index (χ4n) is 3.37. The van der Waals surface area contributed by atoms with E-state index in [9.17, 15) is 4.79 Å². The minimum Gasteiger partial charge on any atom is -0.495 e. The lowest BCUT2D eigenvalue weighted by atomic mass is 9.96. The molecule has 160 valence electrons. The van der Waals surface area contributed by atoms with Gasteiger partial charge in [-0.15, -0.1) is 0 Å². The number of amides is 1. The number of carbonyl (C=O) groups is 1. The number of carbonyl (C=O) groups excluding carboxylic acids is 1. The van der Waals surface area contributed by atoms with Crippen LogP contribution in [0.15, 0.2) is 79.6 Å². The molecule has 4 rings (SSSR count). The van der Waals surface area contributed by atoms with E-state index in [4.69, 9.17) is 9.72 Å². The third kappa shape index (κ3) is 5.13. The number of hydrogen-bond donors (Lipinski definition) is 1. The average molecular weight is 425 g/mol. The smallest absolute Gasteiger partial charge is 0.257 e. The number of pyridine rings is 2. The van der Waals surface area contributed by atoms with E-state index in [1.807, 2.05) is 30.3 Å². The highest BCUT2D eigenvalue weighted by Crippen LogP contribution is 2.25. The SMILES string of the molecule is COc1cncc(-c2cncc(C[C@@H](C)c3cccc(NC(=O)c4cccnc4)c3)n2)c1. The highest BCUT2D eigenvalue weighted by atomic mass is 16.5. The summed E-state index contributed by atoms with van der Waals surface area (Å²) in [5, 5.41) is 2.93. The molecule has 7 nitrogen and oxygen atoms in total. The molecule has 4 aromatic rings. The second-order valence-electron chi connectivity index (χ2n) is 7.44. The van der Waals surface area contributed by atoms with Crippen LogP contribution < -0.4 is 10.1 Å². The van der Waals surface area contributed by atoms with Gasteiger partial charge in [-0.1, -0.05) is 19.1 Å². The second-order valence-corrected chi connectivity index (χ2v) is 7.44. The van der Waals surface area contributed by atoms with Gasteiger partial charge in [0.05, 0.1) is 36.5 Å². The molecule has 7 heteroatoms. The van der Waals surface area contributed by atoms with Crippen LogP contribution in [0.4, 0.5) is 5.69 Å². The molecule has 3 aromatic heterocycles. The topological polar surface area (TPSA) is 89.9 Å². The molecule has 0 aliphatic carbocycles. The molecule has 0 spiro atoms. The maximum Gasteiger partial charge on any atom is 0.257 e. The molecule has 0 radical (unpaired) electrons. The summed E-state index contributed by atoms with van der Waals surface area (Å²) in [6.07, 6.45) is 10.8. The summed E-state index contributed by atoms with van der Waals surface area (Å²) in [6.45, 7) is 2.13. The van der Waals surface area contributed by atoms with Crippen molar-refractivity contribution >= 4 is 11.6 Å². The zero-order valence-corrected chi connectivity index (χ0v) is 17.9. The molecule has 1 amide bonds.